The highest BCUT2D eigenvalue weighted by molar-refractivity contribution is 7.98. The first kappa shape index (κ1) is 21.4. The summed E-state index contributed by atoms with van der Waals surface area (Å²) in [4.78, 5) is 33.5. The molecule has 0 fully saturated rings. The third kappa shape index (κ3) is 5.99. The van der Waals surface area contributed by atoms with E-state index in [0.717, 1.165) is 6.07 Å². The number of alkyl carbamates (subject to hydrolysis) is 1. The maximum Gasteiger partial charge on any atom is 0.408 e. The SMILES string of the molecule is COc1cc(COC(=O)N[C@@H](CCSC)C(=O)O)c([N+](=O)[O-])cc1OC. The van der Waals surface area contributed by atoms with Gasteiger partial charge >= 0.3 is 12.1 Å². The third-order valence-electron chi connectivity index (χ3n) is 3.34. The van der Waals surface area contributed by atoms with E-state index in [9.17, 15) is 19.7 Å². The second-order valence-electron chi connectivity index (χ2n) is 4.99. The van der Waals surface area contributed by atoms with Crippen LogP contribution in [0.15, 0.2) is 12.1 Å². The number of amides is 1. The Morgan fingerprint density at radius 2 is 1.92 bits per heavy atom. The molecule has 1 amide bonds. The average molecular weight is 388 g/mol. The molecule has 11 heteroatoms. The monoisotopic (exact) mass is 388 g/mol. The normalized spacial score (nSPS) is 11.3. The Kier molecular flexibility index (Phi) is 8.49. The fourth-order valence-electron chi connectivity index (χ4n) is 2.02. The minimum Gasteiger partial charge on any atom is -0.493 e. The zero-order chi connectivity index (χ0) is 19.7. The van der Waals surface area contributed by atoms with E-state index in [-0.39, 0.29) is 29.2 Å². The summed E-state index contributed by atoms with van der Waals surface area (Å²) in [6.45, 7) is -0.433. The van der Waals surface area contributed by atoms with Crippen LogP contribution in [0.5, 0.6) is 11.5 Å². The minimum atomic E-state index is -1.19. The molecule has 10 nitrogen and oxygen atoms in total. The second-order valence-corrected chi connectivity index (χ2v) is 5.97. The molecule has 26 heavy (non-hydrogen) atoms. The number of carbonyl (C=O) groups is 2. The summed E-state index contributed by atoms with van der Waals surface area (Å²) in [7, 11) is 2.70. The van der Waals surface area contributed by atoms with E-state index in [1.54, 1.807) is 0 Å². The van der Waals surface area contributed by atoms with Gasteiger partial charge in [0.25, 0.3) is 5.69 Å². The summed E-state index contributed by atoms with van der Waals surface area (Å²) in [5.74, 6) is -0.248. The number of nitro groups is 1. The van der Waals surface area contributed by atoms with Gasteiger partial charge in [-0.3, -0.25) is 10.1 Å². The number of rotatable bonds is 10. The van der Waals surface area contributed by atoms with Crippen LogP contribution in [0, 0.1) is 10.1 Å². The summed E-state index contributed by atoms with van der Waals surface area (Å²) in [5, 5.41) is 22.5. The van der Waals surface area contributed by atoms with Gasteiger partial charge in [-0.15, -0.1) is 0 Å². The summed E-state index contributed by atoms with van der Waals surface area (Å²) in [6.07, 6.45) is 1.05. The van der Waals surface area contributed by atoms with Gasteiger partial charge in [0.05, 0.1) is 30.8 Å². The number of carboxylic acids is 1. The smallest absolute Gasteiger partial charge is 0.408 e. The average Bonchev–Trinajstić information content (AvgIpc) is 2.62. The number of methoxy groups -OCH3 is 2. The molecule has 0 saturated heterocycles. The molecule has 1 aromatic carbocycles. The third-order valence-corrected chi connectivity index (χ3v) is 3.99. The molecule has 0 saturated carbocycles. The number of carboxylic acid groups (broad SMARTS) is 1. The highest BCUT2D eigenvalue weighted by Gasteiger charge is 2.23. The number of hydrogen-bond acceptors (Lipinski definition) is 8. The number of carbonyl (C=O) groups excluding carboxylic acids is 1. The van der Waals surface area contributed by atoms with E-state index in [1.807, 2.05) is 6.26 Å². The Labute approximate surface area is 153 Å². The summed E-state index contributed by atoms with van der Waals surface area (Å²) in [5.41, 5.74) is -0.230. The molecular weight excluding hydrogens is 368 g/mol. The van der Waals surface area contributed by atoms with Crippen LogP contribution in [-0.4, -0.2) is 54.4 Å². The van der Waals surface area contributed by atoms with Crippen molar-refractivity contribution >= 4 is 29.5 Å². The van der Waals surface area contributed by atoms with Gasteiger partial charge in [0.15, 0.2) is 11.5 Å². The number of nitro benzene ring substituents is 1. The maximum absolute atomic E-state index is 11.8. The van der Waals surface area contributed by atoms with Crippen molar-refractivity contribution in [3.8, 4) is 11.5 Å². The standard InChI is InChI=1S/C15H20N2O8S/c1-23-12-6-9(11(17(21)22)7-13(12)24-2)8-25-15(20)16-10(14(18)19)4-5-26-3/h6-7,10H,4-5,8H2,1-3H3,(H,16,20)(H,18,19)/t10-/m0/s1. The van der Waals surface area contributed by atoms with Gasteiger partial charge in [-0.25, -0.2) is 9.59 Å². The van der Waals surface area contributed by atoms with E-state index in [1.165, 1.54) is 32.0 Å². The molecular formula is C15H20N2O8S. The van der Waals surface area contributed by atoms with Gasteiger partial charge < -0.3 is 24.6 Å². The second kappa shape index (κ2) is 10.3. The van der Waals surface area contributed by atoms with E-state index < -0.39 is 29.6 Å². The largest absolute Gasteiger partial charge is 0.493 e. The van der Waals surface area contributed by atoms with Crippen molar-refractivity contribution in [1.29, 1.82) is 0 Å². The summed E-state index contributed by atoms with van der Waals surface area (Å²) < 4.78 is 15.0. The molecule has 1 rings (SSSR count). The Hall–Kier alpha value is -2.69. The van der Waals surface area contributed by atoms with Crippen LogP contribution in [0.4, 0.5) is 10.5 Å². The van der Waals surface area contributed by atoms with E-state index in [4.69, 9.17) is 19.3 Å². The molecule has 144 valence electrons. The molecule has 2 N–H and O–H groups in total. The van der Waals surface area contributed by atoms with Gasteiger partial charge in [-0.05, 0) is 24.5 Å². The fourth-order valence-corrected chi connectivity index (χ4v) is 2.49. The number of thioether (sulfide) groups is 1. The number of hydrogen-bond donors (Lipinski definition) is 2. The van der Waals surface area contributed by atoms with Crippen molar-refractivity contribution in [2.45, 2.75) is 19.1 Å². The molecule has 0 spiro atoms. The quantitative estimate of drug-likeness (QED) is 0.455. The molecule has 0 bridgehead atoms. The lowest BCUT2D eigenvalue weighted by Gasteiger charge is -2.14. The minimum absolute atomic E-state index is 0.0822. The topological polar surface area (TPSA) is 137 Å². The van der Waals surface area contributed by atoms with Gasteiger partial charge in [0, 0.05) is 0 Å². The van der Waals surface area contributed by atoms with Crippen molar-refractivity contribution in [2.75, 3.05) is 26.2 Å². The summed E-state index contributed by atoms with van der Waals surface area (Å²) >= 11 is 1.44. The lowest BCUT2D eigenvalue weighted by atomic mass is 10.1. The van der Waals surface area contributed by atoms with Crippen molar-refractivity contribution in [3.63, 3.8) is 0 Å². The predicted molar refractivity (Wildman–Crippen MR) is 93.9 cm³/mol. The van der Waals surface area contributed by atoms with E-state index >= 15 is 0 Å². The highest BCUT2D eigenvalue weighted by Crippen LogP contribution is 2.34. The van der Waals surface area contributed by atoms with Gasteiger partial charge in [-0.1, -0.05) is 0 Å². The molecule has 0 aliphatic heterocycles. The lowest BCUT2D eigenvalue weighted by molar-refractivity contribution is -0.385. The predicted octanol–water partition coefficient (Wildman–Crippen LogP) is 2.04. The number of benzene rings is 1. The van der Waals surface area contributed by atoms with E-state index in [0.29, 0.717) is 5.75 Å². The van der Waals surface area contributed by atoms with Crippen LogP contribution in [-0.2, 0) is 16.1 Å². The molecule has 1 aromatic rings. The van der Waals surface area contributed by atoms with E-state index in [2.05, 4.69) is 5.32 Å². The van der Waals surface area contributed by atoms with Crippen LogP contribution in [0.2, 0.25) is 0 Å². The molecule has 0 radical (unpaired) electrons. The zero-order valence-corrected chi connectivity index (χ0v) is 15.3. The first-order valence-electron chi connectivity index (χ1n) is 7.38. The highest BCUT2D eigenvalue weighted by atomic mass is 32.2. The van der Waals surface area contributed by atoms with Crippen molar-refractivity contribution < 1.29 is 33.8 Å². The van der Waals surface area contributed by atoms with Gasteiger partial charge in [-0.2, -0.15) is 11.8 Å². The van der Waals surface area contributed by atoms with Gasteiger partial charge in [0.1, 0.15) is 12.6 Å². The molecule has 1 atom stereocenters. The lowest BCUT2D eigenvalue weighted by Crippen LogP contribution is -2.41. The van der Waals surface area contributed by atoms with Crippen LogP contribution in [0.25, 0.3) is 0 Å². The zero-order valence-electron chi connectivity index (χ0n) is 14.5. The first-order valence-corrected chi connectivity index (χ1v) is 8.77. The number of aliphatic carboxylic acids is 1. The first-order chi connectivity index (χ1) is 12.3. The fraction of sp³-hybridized carbons (Fsp3) is 0.467. The molecule has 0 aliphatic carbocycles. The molecule has 0 heterocycles. The van der Waals surface area contributed by atoms with Gasteiger partial charge in [0.2, 0.25) is 0 Å². The molecule has 0 unspecified atom stereocenters. The van der Waals surface area contributed by atoms with Crippen LogP contribution >= 0.6 is 11.8 Å². The Bertz CT molecular complexity index is 667. The Morgan fingerprint density at radius 1 is 1.31 bits per heavy atom. The van der Waals surface area contributed by atoms with Crippen LogP contribution in [0.1, 0.15) is 12.0 Å². The van der Waals surface area contributed by atoms with Crippen molar-refractivity contribution in [2.24, 2.45) is 0 Å². The molecule has 0 aromatic heterocycles. The number of nitrogens with zero attached hydrogens (tertiary/aromatic N) is 1. The number of ether oxygens (including phenoxy) is 3. The van der Waals surface area contributed by atoms with Crippen LogP contribution < -0.4 is 14.8 Å². The Morgan fingerprint density at radius 3 is 2.42 bits per heavy atom. The number of nitrogens with one attached hydrogen (secondary N) is 1. The Balaban J connectivity index is 2.86. The summed E-state index contributed by atoms with van der Waals surface area (Å²) in [6, 6.07) is 1.39. The van der Waals surface area contributed by atoms with Crippen molar-refractivity contribution in [1.82, 2.24) is 5.32 Å². The van der Waals surface area contributed by atoms with Crippen molar-refractivity contribution in [3.05, 3.63) is 27.8 Å². The molecule has 0 aliphatic rings. The van der Waals surface area contributed by atoms with Crippen LogP contribution in [0.3, 0.4) is 0 Å². The maximum atomic E-state index is 11.8.